The third-order valence-electron chi connectivity index (χ3n) is 7.29. The Balaban J connectivity index is 1.33. The molecular weight excluding hydrogens is 642 g/mol. The van der Waals surface area contributed by atoms with Gasteiger partial charge in [0.2, 0.25) is 0 Å². The first-order chi connectivity index (χ1) is 22.4. The molecule has 0 unspecified atom stereocenters. The van der Waals surface area contributed by atoms with Gasteiger partial charge in [-0.3, -0.25) is 4.79 Å². The van der Waals surface area contributed by atoms with Crippen LogP contribution in [0.25, 0.3) is 21.7 Å². The van der Waals surface area contributed by atoms with E-state index in [2.05, 4.69) is 17.0 Å². The van der Waals surface area contributed by atoms with Gasteiger partial charge in [0.15, 0.2) is 0 Å². The second kappa shape index (κ2) is 15.9. The second-order valence-corrected chi connectivity index (χ2v) is 12.7. The van der Waals surface area contributed by atoms with Gasteiger partial charge in [-0.2, -0.15) is 10.5 Å². The molecule has 1 aliphatic rings. The zero-order chi connectivity index (χ0) is 32.5. The van der Waals surface area contributed by atoms with Gasteiger partial charge in [0.1, 0.15) is 58.6 Å². The number of thioether (sulfide) groups is 1. The zero-order valence-corrected chi connectivity index (χ0v) is 27.3. The maximum atomic E-state index is 12.0. The summed E-state index contributed by atoms with van der Waals surface area (Å²) in [5.41, 5.74) is 15.1. The maximum Gasteiger partial charge on any atom is 0.323 e. The fourth-order valence-electron chi connectivity index (χ4n) is 4.73. The Bertz CT molecular complexity index is 1750. The zero-order valence-electron chi connectivity index (χ0n) is 24.9. The highest BCUT2D eigenvalue weighted by Gasteiger charge is 2.27. The van der Waals surface area contributed by atoms with Gasteiger partial charge in [-0.1, -0.05) is 47.6 Å². The number of nitrogens with two attached hydrogens (primary N) is 2. The van der Waals surface area contributed by atoms with Gasteiger partial charge in [0, 0.05) is 40.4 Å². The summed E-state index contributed by atoms with van der Waals surface area (Å²) >= 11 is 9.01. The van der Waals surface area contributed by atoms with Gasteiger partial charge in [-0.05, 0) is 55.6 Å². The van der Waals surface area contributed by atoms with Crippen LogP contribution in [0.2, 0.25) is 5.02 Å². The van der Waals surface area contributed by atoms with Crippen LogP contribution in [-0.2, 0) is 15.3 Å². The van der Waals surface area contributed by atoms with Crippen molar-refractivity contribution in [1.82, 2.24) is 9.97 Å². The lowest BCUT2D eigenvalue weighted by atomic mass is 9.96. The summed E-state index contributed by atoms with van der Waals surface area (Å²) in [5.74, 6) is 1.15. The molecule has 5 rings (SSSR count). The minimum Gasteiger partial charge on any atom is -0.490 e. The van der Waals surface area contributed by atoms with Crippen molar-refractivity contribution in [2.75, 3.05) is 37.7 Å². The third kappa shape index (κ3) is 7.97. The molecule has 2 aromatic heterocycles. The molecule has 1 saturated heterocycles. The first-order valence-electron chi connectivity index (χ1n) is 14.7. The van der Waals surface area contributed by atoms with E-state index in [1.165, 1.54) is 11.8 Å². The number of benzene rings is 2. The fourth-order valence-corrected chi connectivity index (χ4v) is 6.67. The Morgan fingerprint density at radius 1 is 1.04 bits per heavy atom. The molecule has 1 fully saturated rings. The minimum atomic E-state index is -0.704. The normalized spacial score (nSPS) is 12.9. The Hall–Kier alpha value is -4.17. The van der Waals surface area contributed by atoms with Crippen molar-refractivity contribution in [3.8, 4) is 39.6 Å². The van der Waals surface area contributed by atoms with E-state index < -0.39 is 12.0 Å². The van der Waals surface area contributed by atoms with Crippen LogP contribution in [0.3, 0.4) is 0 Å². The summed E-state index contributed by atoms with van der Waals surface area (Å²) in [6, 6.07) is 18.6. The third-order valence-corrected chi connectivity index (χ3v) is 9.49. The largest absolute Gasteiger partial charge is 0.490 e. The molecule has 236 valence electrons. The number of pyridine rings is 1. The molecule has 1 aliphatic heterocycles. The van der Waals surface area contributed by atoms with Crippen molar-refractivity contribution in [2.45, 2.75) is 36.1 Å². The summed E-state index contributed by atoms with van der Waals surface area (Å²) in [4.78, 5) is 23.7. The van der Waals surface area contributed by atoms with E-state index in [0.717, 1.165) is 35.8 Å². The van der Waals surface area contributed by atoms with Crippen LogP contribution in [0.4, 0.5) is 5.82 Å². The lowest BCUT2D eigenvalue weighted by Crippen LogP contribution is -2.38. The van der Waals surface area contributed by atoms with Crippen LogP contribution in [0.1, 0.15) is 36.1 Å². The molecule has 3 heterocycles. The van der Waals surface area contributed by atoms with E-state index in [-0.39, 0.29) is 13.2 Å². The Labute approximate surface area is 280 Å². The average molecular weight is 674 g/mol. The lowest BCUT2D eigenvalue weighted by Gasteiger charge is -2.33. The molecule has 0 bridgehead atoms. The fraction of sp³-hybridized carbons (Fsp3) is 0.303. The highest BCUT2D eigenvalue weighted by Crippen LogP contribution is 2.40. The van der Waals surface area contributed by atoms with Crippen molar-refractivity contribution in [3.63, 3.8) is 0 Å². The number of nitriles is 2. The van der Waals surface area contributed by atoms with E-state index in [1.54, 1.807) is 23.5 Å². The molecule has 1 atom stereocenters. The molecule has 10 nitrogen and oxygen atoms in total. The molecule has 4 aromatic rings. The molecule has 13 heteroatoms. The van der Waals surface area contributed by atoms with Crippen molar-refractivity contribution in [2.24, 2.45) is 11.5 Å². The predicted molar refractivity (Wildman–Crippen MR) is 181 cm³/mol. The van der Waals surface area contributed by atoms with E-state index in [0.29, 0.717) is 69.0 Å². The molecule has 2 aromatic carbocycles. The molecule has 0 amide bonds. The number of anilines is 1. The number of hydrogen-bond donors (Lipinski definition) is 2. The smallest absolute Gasteiger partial charge is 0.323 e. The summed E-state index contributed by atoms with van der Waals surface area (Å²) in [5, 5.41) is 24.7. The minimum absolute atomic E-state index is 0.0540. The standard InChI is InChI=1S/C33H32ClN7O3S2/c34-23-8-4-22(5-9-23)31-39-24(19-45-31)20-46-32-27(18-37)29(26(17-36)30(40-32)41-13-2-14-41)21-6-10-25(11-7-21)43-15-16-44-33(42)28(38)3-1-12-35/h4-11,19,28H,1-3,12-16,20,35,38H2/t28-/m0/s1. The van der Waals surface area contributed by atoms with Gasteiger partial charge < -0.3 is 25.8 Å². The Morgan fingerprint density at radius 3 is 2.41 bits per heavy atom. The first kappa shape index (κ1) is 33.2. The van der Waals surface area contributed by atoms with Crippen LogP contribution in [0.15, 0.2) is 58.9 Å². The molecule has 4 N–H and O–H groups in total. The maximum absolute atomic E-state index is 12.0. The van der Waals surface area contributed by atoms with Gasteiger partial charge in [-0.15, -0.1) is 11.3 Å². The summed E-state index contributed by atoms with van der Waals surface area (Å²) < 4.78 is 11.0. The second-order valence-electron chi connectivity index (χ2n) is 10.4. The number of nitrogens with zero attached hydrogens (tertiary/aromatic N) is 5. The molecule has 0 aliphatic carbocycles. The molecular formula is C33H32ClN7O3S2. The lowest BCUT2D eigenvalue weighted by molar-refractivity contribution is -0.146. The number of carbonyl (C=O) groups is 1. The van der Waals surface area contributed by atoms with E-state index in [1.807, 2.05) is 41.8 Å². The van der Waals surface area contributed by atoms with Gasteiger partial charge in [0.05, 0.1) is 11.3 Å². The van der Waals surface area contributed by atoms with Crippen LogP contribution < -0.4 is 21.1 Å². The Kier molecular flexibility index (Phi) is 11.5. The monoisotopic (exact) mass is 673 g/mol. The summed E-state index contributed by atoms with van der Waals surface area (Å²) in [6.07, 6.45) is 2.13. The molecule has 0 saturated carbocycles. The van der Waals surface area contributed by atoms with Crippen molar-refractivity contribution < 1.29 is 14.3 Å². The number of thiazole rings is 1. The predicted octanol–water partition coefficient (Wildman–Crippen LogP) is 5.76. The highest BCUT2D eigenvalue weighted by molar-refractivity contribution is 7.98. The van der Waals surface area contributed by atoms with Gasteiger partial charge in [-0.25, -0.2) is 9.97 Å². The van der Waals surface area contributed by atoms with Crippen molar-refractivity contribution in [1.29, 1.82) is 10.5 Å². The quantitative estimate of drug-likeness (QED) is 0.0950. The summed E-state index contributed by atoms with van der Waals surface area (Å²) in [6.45, 7) is 2.25. The Morgan fingerprint density at radius 2 is 1.76 bits per heavy atom. The van der Waals surface area contributed by atoms with Gasteiger partial charge in [0.25, 0.3) is 0 Å². The first-order valence-corrected chi connectivity index (χ1v) is 17.0. The number of halogens is 1. The molecule has 46 heavy (non-hydrogen) atoms. The number of esters is 1. The number of ether oxygens (including phenoxy) is 2. The summed E-state index contributed by atoms with van der Waals surface area (Å²) in [7, 11) is 0. The van der Waals surface area contributed by atoms with Crippen LogP contribution in [0.5, 0.6) is 5.75 Å². The average Bonchev–Trinajstić information content (AvgIpc) is 3.53. The number of hydrogen-bond acceptors (Lipinski definition) is 12. The number of carbonyl (C=O) groups excluding carboxylic acids is 1. The van der Waals surface area contributed by atoms with Crippen molar-refractivity contribution in [3.05, 3.63) is 75.8 Å². The van der Waals surface area contributed by atoms with E-state index in [4.69, 9.17) is 42.5 Å². The number of aromatic nitrogens is 2. The van der Waals surface area contributed by atoms with Crippen LogP contribution in [0, 0.1) is 22.7 Å². The van der Waals surface area contributed by atoms with Crippen LogP contribution in [-0.4, -0.2) is 54.8 Å². The van der Waals surface area contributed by atoms with E-state index >= 15 is 0 Å². The molecule has 0 spiro atoms. The number of rotatable bonds is 14. The SMILES string of the molecule is N#Cc1c(SCc2csc(-c3ccc(Cl)cc3)n2)nc(N2CCC2)c(C#N)c1-c1ccc(OCCOC(=O)[C@@H](N)CCCN)cc1. The van der Waals surface area contributed by atoms with Crippen molar-refractivity contribution >= 4 is 46.5 Å². The van der Waals surface area contributed by atoms with E-state index in [9.17, 15) is 15.3 Å². The van der Waals surface area contributed by atoms with Gasteiger partial charge >= 0.3 is 5.97 Å². The van der Waals surface area contributed by atoms with Crippen LogP contribution >= 0.6 is 34.7 Å². The topological polar surface area (TPSA) is 164 Å². The molecule has 0 radical (unpaired) electrons. The highest BCUT2D eigenvalue weighted by atomic mass is 35.5.